The maximum atomic E-state index is 12.1. The van der Waals surface area contributed by atoms with Gasteiger partial charge in [-0.2, -0.15) is 0 Å². The van der Waals surface area contributed by atoms with Gasteiger partial charge in [-0.05, 0) is 5.92 Å². The molecular weight excluding hydrogens is 327 g/mol. The minimum Gasteiger partial charge on any atom is -0.302 e. The molecule has 0 saturated carbocycles. The highest BCUT2D eigenvalue weighted by Gasteiger charge is 2.12. The third-order valence-electron chi connectivity index (χ3n) is 2.60. The first-order chi connectivity index (χ1) is 10.5. The van der Waals surface area contributed by atoms with Crippen molar-refractivity contribution in [3.05, 3.63) is 22.1 Å². The number of aromatic nitrogens is 2. The molecule has 6 nitrogen and oxygen atoms in total. The molecule has 118 valence electrons. The van der Waals surface area contributed by atoms with Gasteiger partial charge in [-0.15, -0.1) is 22.7 Å². The van der Waals surface area contributed by atoms with Gasteiger partial charge < -0.3 is 5.32 Å². The van der Waals surface area contributed by atoms with Crippen LogP contribution in [0.1, 0.15) is 30.3 Å². The van der Waals surface area contributed by atoms with E-state index >= 15 is 0 Å². The van der Waals surface area contributed by atoms with Gasteiger partial charge in [-0.25, -0.2) is 14.4 Å². The van der Waals surface area contributed by atoms with Gasteiger partial charge in [0.05, 0.1) is 12.1 Å². The van der Waals surface area contributed by atoms with Gasteiger partial charge in [0.15, 0.2) is 16.9 Å². The van der Waals surface area contributed by atoms with Crippen molar-refractivity contribution in [2.45, 2.75) is 26.2 Å². The molecule has 0 aliphatic carbocycles. The fraction of sp³-hybridized carbons (Fsp3) is 0.385. The van der Waals surface area contributed by atoms with E-state index in [1.165, 1.54) is 11.3 Å². The number of amides is 2. The summed E-state index contributed by atoms with van der Waals surface area (Å²) in [5.74, 6) is -0.629. The lowest BCUT2D eigenvalue weighted by Gasteiger charge is -2.00. The third-order valence-corrected chi connectivity index (χ3v) is 4.62. The Morgan fingerprint density at radius 2 is 2.00 bits per heavy atom. The van der Waals surface area contributed by atoms with E-state index in [0.29, 0.717) is 16.7 Å². The van der Waals surface area contributed by atoms with Crippen LogP contribution < -0.4 is 10.6 Å². The van der Waals surface area contributed by atoms with Crippen LogP contribution in [0.15, 0.2) is 11.6 Å². The van der Waals surface area contributed by atoms with Gasteiger partial charge in [0.25, 0.3) is 5.91 Å². The fourth-order valence-electron chi connectivity index (χ4n) is 1.54. The highest BCUT2D eigenvalue weighted by atomic mass is 32.1. The average molecular weight is 342 g/mol. The molecule has 0 radical (unpaired) electrons. The number of carbonyl (C=O) groups excluding carboxylic acids is 2. The van der Waals surface area contributed by atoms with Gasteiger partial charge in [-0.3, -0.25) is 14.9 Å². The Balaban J connectivity index is 1.90. The maximum Gasteiger partial charge on any atom is 0.257 e. The number of hydrogen-bond acceptors (Lipinski definition) is 6. The monoisotopic (exact) mass is 342 g/mol. The molecule has 2 amide bonds. The summed E-state index contributed by atoms with van der Waals surface area (Å²) in [4.78, 5) is 32.1. The summed E-state index contributed by atoms with van der Waals surface area (Å²) < 4.78 is 12.1. The van der Waals surface area contributed by atoms with Gasteiger partial charge in [0.1, 0.15) is 0 Å². The van der Waals surface area contributed by atoms with Crippen LogP contribution in [0, 0.1) is 0 Å². The first-order valence-electron chi connectivity index (χ1n) is 6.53. The van der Waals surface area contributed by atoms with Crippen molar-refractivity contribution in [3.63, 3.8) is 0 Å². The fourth-order valence-corrected chi connectivity index (χ4v) is 3.10. The Kier molecular flexibility index (Phi) is 5.56. The third kappa shape index (κ3) is 4.57. The number of halogens is 1. The van der Waals surface area contributed by atoms with Crippen LogP contribution in [0.3, 0.4) is 0 Å². The number of nitrogens with zero attached hydrogens (tertiary/aromatic N) is 2. The Hall–Kier alpha value is -1.87. The van der Waals surface area contributed by atoms with Crippen molar-refractivity contribution < 1.29 is 14.0 Å². The molecule has 0 saturated heterocycles. The van der Waals surface area contributed by atoms with Crippen LogP contribution in [-0.4, -0.2) is 28.5 Å². The molecule has 2 aromatic rings. The SMILES string of the molecule is CC(C)c1cnc(NC(=O)Cc2csc(NC(=O)CF)n2)s1. The molecule has 2 N–H and O–H groups in total. The number of anilines is 2. The smallest absolute Gasteiger partial charge is 0.257 e. The zero-order valence-electron chi connectivity index (χ0n) is 12.1. The van der Waals surface area contributed by atoms with Crippen LogP contribution in [0.5, 0.6) is 0 Å². The molecule has 2 aromatic heterocycles. The summed E-state index contributed by atoms with van der Waals surface area (Å²) in [6.07, 6.45) is 1.82. The van der Waals surface area contributed by atoms with Crippen LogP contribution in [0.25, 0.3) is 0 Å². The zero-order valence-corrected chi connectivity index (χ0v) is 13.7. The molecule has 0 unspecified atom stereocenters. The molecule has 0 aliphatic heterocycles. The molecular formula is C13H15FN4O2S2. The molecule has 2 heterocycles. The van der Waals surface area contributed by atoms with E-state index in [0.717, 1.165) is 16.2 Å². The van der Waals surface area contributed by atoms with Crippen LogP contribution in [0.2, 0.25) is 0 Å². The molecule has 9 heteroatoms. The van der Waals surface area contributed by atoms with Gasteiger partial charge in [0, 0.05) is 16.5 Å². The summed E-state index contributed by atoms with van der Waals surface area (Å²) in [5.41, 5.74) is 0.511. The van der Waals surface area contributed by atoms with Crippen molar-refractivity contribution >= 4 is 44.8 Å². The topological polar surface area (TPSA) is 84.0 Å². The number of hydrogen-bond donors (Lipinski definition) is 2. The lowest BCUT2D eigenvalue weighted by atomic mass is 10.2. The summed E-state index contributed by atoms with van der Waals surface area (Å²) in [6, 6.07) is 0. The second-order valence-electron chi connectivity index (χ2n) is 4.77. The standard InChI is InChI=1S/C13H15FN4O2S2/c1-7(2)9-5-15-12(22-9)17-10(19)3-8-6-21-13(16-8)18-11(20)4-14/h5-7H,3-4H2,1-2H3,(H,15,17,19)(H,16,18,20). The molecule has 2 rings (SSSR count). The largest absolute Gasteiger partial charge is 0.302 e. The first-order valence-corrected chi connectivity index (χ1v) is 8.23. The number of thiazole rings is 2. The Morgan fingerprint density at radius 3 is 2.64 bits per heavy atom. The number of nitrogens with one attached hydrogen (secondary N) is 2. The van der Waals surface area contributed by atoms with Crippen molar-refractivity contribution in [1.82, 2.24) is 9.97 Å². The van der Waals surface area contributed by atoms with Crippen LogP contribution >= 0.6 is 22.7 Å². The maximum absolute atomic E-state index is 12.1. The second-order valence-corrected chi connectivity index (χ2v) is 6.69. The summed E-state index contributed by atoms with van der Waals surface area (Å²) in [6.45, 7) is 3.01. The first kappa shape index (κ1) is 16.5. The predicted molar refractivity (Wildman–Crippen MR) is 85.3 cm³/mol. The zero-order chi connectivity index (χ0) is 16.1. The van der Waals surface area contributed by atoms with Crippen molar-refractivity contribution in [1.29, 1.82) is 0 Å². The molecule has 22 heavy (non-hydrogen) atoms. The van der Waals surface area contributed by atoms with Gasteiger partial charge >= 0.3 is 0 Å². The normalized spacial score (nSPS) is 10.7. The van der Waals surface area contributed by atoms with E-state index in [2.05, 4.69) is 34.4 Å². The van der Waals surface area contributed by atoms with E-state index in [4.69, 9.17) is 0 Å². The highest BCUT2D eigenvalue weighted by Crippen LogP contribution is 2.25. The molecule has 0 aromatic carbocycles. The van der Waals surface area contributed by atoms with Crippen molar-refractivity contribution in [2.75, 3.05) is 17.3 Å². The lowest BCUT2D eigenvalue weighted by Crippen LogP contribution is -2.15. The number of rotatable bonds is 6. The van der Waals surface area contributed by atoms with Gasteiger partial charge in [-0.1, -0.05) is 13.8 Å². The Bertz CT molecular complexity index is 669. The average Bonchev–Trinajstić information content (AvgIpc) is 3.08. The molecule has 0 bridgehead atoms. The van der Waals surface area contributed by atoms with E-state index in [-0.39, 0.29) is 17.5 Å². The Labute approximate surface area is 134 Å². The van der Waals surface area contributed by atoms with E-state index in [1.54, 1.807) is 11.6 Å². The van der Waals surface area contributed by atoms with E-state index < -0.39 is 12.6 Å². The summed E-state index contributed by atoms with van der Waals surface area (Å²) >= 11 is 2.58. The van der Waals surface area contributed by atoms with Crippen molar-refractivity contribution in [2.24, 2.45) is 0 Å². The van der Waals surface area contributed by atoms with E-state index in [1.807, 2.05) is 0 Å². The Morgan fingerprint density at radius 1 is 1.27 bits per heavy atom. The van der Waals surface area contributed by atoms with Crippen LogP contribution in [-0.2, 0) is 16.0 Å². The second kappa shape index (κ2) is 7.41. The highest BCUT2D eigenvalue weighted by molar-refractivity contribution is 7.15. The van der Waals surface area contributed by atoms with Crippen molar-refractivity contribution in [3.8, 4) is 0 Å². The molecule has 0 atom stereocenters. The predicted octanol–water partition coefficient (Wildman–Crippen LogP) is 2.81. The summed E-state index contributed by atoms with van der Waals surface area (Å²) in [5, 5.41) is 7.49. The number of alkyl halides is 1. The molecule has 0 spiro atoms. The summed E-state index contributed by atoms with van der Waals surface area (Å²) in [7, 11) is 0. The minimum absolute atomic E-state index is 0.0680. The van der Waals surface area contributed by atoms with E-state index in [9.17, 15) is 14.0 Å². The molecule has 0 fully saturated rings. The quantitative estimate of drug-likeness (QED) is 0.845. The number of carbonyl (C=O) groups is 2. The lowest BCUT2D eigenvalue weighted by molar-refractivity contribution is -0.117. The molecule has 0 aliphatic rings. The van der Waals surface area contributed by atoms with Gasteiger partial charge in [0.2, 0.25) is 5.91 Å². The minimum atomic E-state index is -1.10. The van der Waals surface area contributed by atoms with Crippen LogP contribution in [0.4, 0.5) is 14.7 Å².